The van der Waals surface area contributed by atoms with Gasteiger partial charge >= 0.3 is 12.2 Å². The number of hydrogen-bond donors (Lipinski definition) is 1. The highest BCUT2D eigenvalue weighted by atomic mass is 32.2. The summed E-state index contributed by atoms with van der Waals surface area (Å²) in [5, 5.41) is 9.71. The van der Waals surface area contributed by atoms with Crippen LogP contribution in [0.3, 0.4) is 0 Å². The summed E-state index contributed by atoms with van der Waals surface area (Å²) < 4.78 is 66.7. The molecular weight excluding hydrogens is 411 g/mol. The highest BCUT2D eigenvalue weighted by molar-refractivity contribution is 7.91. The fourth-order valence-electron chi connectivity index (χ4n) is 2.34. The molecule has 0 aliphatic rings. The molecule has 0 aliphatic heterocycles. The van der Waals surface area contributed by atoms with Crippen molar-refractivity contribution < 1.29 is 30.8 Å². The molecule has 1 amide bonds. The van der Waals surface area contributed by atoms with Gasteiger partial charge < -0.3 is 4.42 Å². The molecule has 7 nitrogen and oxygen atoms in total. The molecular formula is C18H14F3N3O4S. The molecule has 1 heterocycles. The molecule has 2 aromatic carbocycles. The van der Waals surface area contributed by atoms with E-state index < -0.39 is 27.5 Å². The minimum Gasteiger partial charge on any atom is -0.403 e. The van der Waals surface area contributed by atoms with Crippen molar-refractivity contribution in [3.05, 3.63) is 59.7 Å². The zero-order chi connectivity index (χ0) is 21.2. The number of alkyl halides is 3. The van der Waals surface area contributed by atoms with Crippen molar-refractivity contribution >= 4 is 21.8 Å². The number of nitrogens with zero attached hydrogens (tertiary/aromatic N) is 2. The molecule has 0 fully saturated rings. The van der Waals surface area contributed by atoms with Crippen molar-refractivity contribution in [2.45, 2.75) is 18.0 Å². The van der Waals surface area contributed by atoms with Gasteiger partial charge in [-0.25, -0.2) is 8.42 Å². The summed E-state index contributed by atoms with van der Waals surface area (Å²) in [5.74, 6) is -0.723. The normalized spacial score (nSPS) is 12.0. The maximum atomic E-state index is 12.6. The van der Waals surface area contributed by atoms with Gasteiger partial charge in [0.05, 0.1) is 16.2 Å². The maximum absolute atomic E-state index is 12.6. The fraction of sp³-hybridized carbons (Fsp3) is 0.167. The zero-order valence-corrected chi connectivity index (χ0v) is 15.7. The fourth-order valence-corrected chi connectivity index (χ4v) is 3.23. The molecule has 1 aromatic heterocycles. The first-order chi connectivity index (χ1) is 13.6. The van der Waals surface area contributed by atoms with Crippen LogP contribution in [0.2, 0.25) is 0 Å². The molecule has 0 aliphatic carbocycles. The van der Waals surface area contributed by atoms with E-state index in [1.165, 1.54) is 31.2 Å². The van der Waals surface area contributed by atoms with E-state index in [9.17, 15) is 26.4 Å². The van der Waals surface area contributed by atoms with Gasteiger partial charge in [0.25, 0.3) is 5.91 Å². The summed E-state index contributed by atoms with van der Waals surface area (Å²) >= 11 is 0. The lowest BCUT2D eigenvalue weighted by Gasteiger charge is -2.07. The summed E-state index contributed by atoms with van der Waals surface area (Å²) in [6, 6.07) is 9.16. The van der Waals surface area contributed by atoms with Crippen LogP contribution in [0, 0.1) is 0 Å². The highest BCUT2D eigenvalue weighted by Gasteiger charge is 2.30. The molecule has 0 saturated heterocycles. The monoisotopic (exact) mass is 425 g/mol. The zero-order valence-electron chi connectivity index (χ0n) is 14.9. The van der Waals surface area contributed by atoms with E-state index in [-0.39, 0.29) is 28.1 Å². The van der Waals surface area contributed by atoms with Crippen molar-refractivity contribution in [3.8, 4) is 11.5 Å². The highest BCUT2D eigenvalue weighted by Crippen LogP contribution is 2.29. The second kappa shape index (κ2) is 7.66. The molecule has 0 bridgehead atoms. The Balaban J connectivity index is 1.72. The van der Waals surface area contributed by atoms with Crippen LogP contribution in [-0.2, 0) is 16.0 Å². The summed E-state index contributed by atoms with van der Waals surface area (Å²) in [5.41, 5.74) is -0.461. The molecule has 29 heavy (non-hydrogen) atoms. The molecule has 0 spiro atoms. The van der Waals surface area contributed by atoms with Crippen molar-refractivity contribution in [1.29, 1.82) is 0 Å². The Hall–Kier alpha value is -3.21. The van der Waals surface area contributed by atoms with Gasteiger partial charge in [-0.05, 0) is 48.5 Å². The van der Waals surface area contributed by atoms with E-state index in [1.807, 2.05) is 0 Å². The Bertz CT molecular complexity index is 1120. The van der Waals surface area contributed by atoms with Gasteiger partial charge in [0.15, 0.2) is 9.84 Å². The second-order valence-electron chi connectivity index (χ2n) is 5.87. The van der Waals surface area contributed by atoms with Crippen LogP contribution in [0.25, 0.3) is 11.5 Å². The Labute approximate surface area is 163 Å². The van der Waals surface area contributed by atoms with E-state index >= 15 is 0 Å². The van der Waals surface area contributed by atoms with Gasteiger partial charge in [0.1, 0.15) is 0 Å². The SMILES string of the molecule is CCS(=O)(=O)c1ccc(-c2nnc(NC(=O)c3ccc(C(F)(F)F)cc3)o2)cc1. The van der Waals surface area contributed by atoms with Gasteiger partial charge in [-0.3, -0.25) is 10.1 Å². The lowest BCUT2D eigenvalue weighted by atomic mass is 10.1. The summed E-state index contributed by atoms with van der Waals surface area (Å²) in [6.45, 7) is 1.53. The Morgan fingerprint density at radius 3 is 2.21 bits per heavy atom. The third-order valence-corrected chi connectivity index (χ3v) is 5.71. The molecule has 3 aromatic rings. The van der Waals surface area contributed by atoms with Crippen LogP contribution < -0.4 is 5.32 Å². The van der Waals surface area contributed by atoms with Crippen LogP contribution in [0.4, 0.5) is 19.2 Å². The number of sulfone groups is 1. The number of nitrogens with one attached hydrogen (secondary N) is 1. The van der Waals surface area contributed by atoms with E-state index in [4.69, 9.17) is 4.42 Å². The lowest BCUT2D eigenvalue weighted by Crippen LogP contribution is -2.13. The van der Waals surface area contributed by atoms with Crippen LogP contribution in [0.15, 0.2) is 57.8 Å². The van der Waals surface area contributed by atoms with Crippen molar-refractivity contribution in [2.24, 2.45) is 0 Å². The predicted molar refractivity (Wildman–Crippen MR) is 96.9 cm³/mol. The van der Waals surface area contributed by atoms with Crippen LogP contribution in [-0.4, -0.2) is 30.3 Å². The Morgan fingerprint density at radius 2 is 1.66 bits per heavy atom. The first kappa shape index (κ1) is 20.5. The second-order valence-corrected chi connectivity index (χ2v) is 8.15. The third-order valence-electron chi connectivity index (χ3n) is 3.96. The number of carbonyl (C=O) groups excluding carboxylic acids is 1. The molecule has 0 saturated carbocycles. The first-order valence-electron chi connectivity index (χ1n) is 8.25. The van der Waals surface area contributed by atoms with Gasteiger partial charge in [-0.1, -0.05) is 12.0 Å². The topological polar surface area (TPSA) is 102 Å². The molecule has 0 unspecified atom stereocenters. The maximum Gasteiger partial charge on any atom is 0.416 e. The van der Waals surface area contributed by atoms with Gasteiger partial charge in [0, 0.05) is 11.1 Å². The average Bonchev–Trinajstić information content (AvgIpc) is 3.16. The number of aromatic nitrogens is 2. The van der Waals surface area contributed by atoms with E-state index in [1.54, 1.807) is 0 Å². The van der Waals surface area contributed by atoms with E-state index in [2.05, 4.69) is 15.5 Å². The Morgan fingerprint density at radius 1 is 1.03 bits per heavy atom. The third kappa shape index (κ3) is 4.62. The Kier molecular flexibility index (Phi) is 5.42. The smallest absolute Gasteiger partial charge is 0.403 e. The number of carbonyl (C=O) groups is 1. The molecule has 3 rings (SSSR count). The number of anilines is 1. The number of hydrogen-bond acceptors (Lipinski definition) is 6. The van der Waals surface area contributed by atoms with Crippen LogP contribution in [0.5, 0.6) is 0 Å². The molecule has 1 N–H and O–H groups in total. The quantitative estimate of drug-likeness (QED) is 0.667. The van der Waals surface area contributed by atoms with Gasteiger partial charge in [-0.2, -0.15) is 13.2 Å². The summed E-state index contributed by atoms with van der Waals surface area (Å²) in [7, 11) is -3.34. The number of benzene rings is 2. The van der Waals surface area contributed by atoms with Gasteiger partial charge in [-0.15, -0.1) is 5.10 Å². The number of halogens is 3. The molecule has 152 valence electrons. The average molecular weight is 425 g/mol. The summed E-state index contributed by atoms with van der Waals surface area (Å²) in [4.78, 5) is 12.3. The first-order valence-corrected chi connectivity index (χ1v) is 9.90. The van der Waals surface area contributed by atoms with Gasteiger partial charge in [0.2, 0.25) is 5.89 Å². The van der Waals surface area contributed by atoms with E-state index in [0.717, 1.165) is 24.3 Å². The predicted octanol–water partition coefficient (Wildman–Crippen LogP) is 3.80. The van der Waals surface area contributed by atoms with Crippen molar-refractivity contribution in [1.82, 2.24) is 10.2 Å². The van der Waals surface area contributed by atoms with Crippen molar-refractivity contribution in [2.75, 3.05) is 11.1 Å². The van der Waals surface area contributed by atoms with Crippen LogP contribution >= 0.6 is 0 Å². The molecule has 11 heteroatoms. The summed E-state index contributed by atoms with van der Waals surface area (Å²) in [6.07, 6.45) is -4.50. The van der Waals surface area contributed by atoms with Crippen molar-refractivity contribution in [3.63, 3.8) is 0 Å². The largest absolute Gasteiger partial charge is 0.416 e. The van der Waals surface area contributed by atoms with E-state index in [0.29, 0.717) is 5.56 Å². The number of rotatable bonds is 5. The lowest BCUT2D eigenvalue weighted by molar-refractivity contribution is -0.137. The minimum absolute atomic E-state index is 0.0214. The molecule has 0 atom stereocenters. The molecule has 0 radical (unpaired) electrons. The minimum atomic E-state index is -4.50. The van der Waals surface area contributed by atoms with Crippen LogP contribution in [0.1, 0.15) is 22.8 Å². The standard InChI is InChI=1S/C18H14F3N3O4S/c1-2-29(26,27)14-9-5-12(6-10-14)16-23-24-17(28-16)22-15(25)11-3-7-13(8-4-11)18(19,20)21/h3-10H,2H2,1H3,(H,22,24,25). The number of amides is 1.